The summed E-state index contributed by atoms with van der Waals surface area (Å²) in [6.45, 7) is 5.37. The number of piperidine rings is 1. The Morgan fingerprint density at radius 1 is 1.06 bits per heavy atom. The average molecular weight is 417 g/mol. The van der Waals surface area contributed by atoms with E-state index < -0.39 is 0 Å². The number of hydrogen-bond acceptors (Lipinski definition) is 4. The summed E-state index contributed by atoms with van der Waals surface area (Å²) >= 11 is 0. The second kappa shape index (κ2) is 6.83. The predicted molar refractivity (Wildman–Crippen MR) is 123 cm³/mol. The Balaban J connectivity index is 1.48. The molecular formula is C27H32N2O2. The van der Waals surface area contributed by atoms with E-state index >= 15 is 0 Å². The number of fused-ring (bicyclic) bond motifs is 1. The van der Waals surface area contributed by atoms with Crippen molar-refractivity contribution in [3.05, 3.63) is 59.7 Å². The molecule has 2 aromatic rings. The molecule has 4 aliphatic rings. The van der Waals surface area contributed by atoms with Crippen LogP contribution in [-0.2, 0) is 16.8 Å². The maximum absolute atomic E-state index is 13.8. The first kappa shape index (κ1) is 19.4. The van der Waals surface area contributed by atoms with E-state index in [1.165, 1.54) is 23.2 Å². The molecule has 0 amide bonds. The van der Waals surface area contributed by atoms with Crippen LogP contribution < -0.4 is 9.64 Å². The van der Waals surface area contributed by atoms with E-state index in [9.17, 15) is 4.79 Å². The minimum atomic E-state index is -0.158. The quantitative estimate of drug-likeness (QED) is 0.732. The fraction of sp³-hybridized carbons (Fsp3) is 0.519. The van der Waals surface area contributed by atoms with Crippen LogP contribution in [0.3, 0.4) is 0 Å². The van der Waals surface area contributed by atoms with Gasteiger partial charge in [-0.1, -0.05) is 37.3 Å². The van der Waals surface area contributed by atoms with Gasteiger partial charge in [0.05, 0.1) is 7.11 Å². The number of para-hydroxylation sites is 1. The van der Waals surface area contributed by atoms with Gasteiger partial charge in [-0.05, 0) is 68.1 Å². The van der Waals surface area contributed by atoms with Crippen molar-refractivity contribution in [2.75, 3.05) is 25.1 Å². The Kier molecular flexibility index (Phi) is 4.27. The maximum Gasteiger partial charge on any atom is 0.142 e. The highest BCUT2D eigenvalue weighted by molar-refractivity contribution is 5.90. The summed E-state index contributed by atoms with van der Waals surface area (Å²) in [5.41, 5.74) is 4.02. The summed E-state index contributed by atoms with van der Waals surface area (Å²) in [4.78, 5) is 19.0. The number of carbonyl (C=O) groups is 1. The molecule has 31 heavy (non-hydrogen) atoms. The summed E-state index contributed by atoms with van der Waals surface area (Å²) < 4.78 is 5.35. The first-order chi connectivity index (χ1) is 15.1. The molecule has 2 saturated heterocycles. The molecule has 4 atom stereocenters. The molecule has 0 radical (unpaired) electrons. The highest BCUT2D eigenvalue weighted by atomic mass is 16.5. The van der Waals surface area contributed by atoms with Crippen LogP contribution in [0.15, 0.2) is 48.5 Å². The maximum atomic E-state index is 13.8. The first-order valence-electron chi connectivity index (χ1n) is 11.9. The summed E-state index contributed by atoms with van der Waals surface area (Å²) in [5.74, 6) is 1.40. The van der Waals surface area contributed by atoms with Gasteiger partial charge in [-0.15, -0.1) is 0 Å². The Morgan fingerprint density at radius 2 is 1.87 bits per heavy atom. The molecular weight excluding hydrogens is 384 g/mol. The van der Waals surface area contributed by atoms with Crippen LogP contribution in [0.5, 0.6) is 5.75 Å². The SMILES string of the molecule is CCC12CCCN3CC[C@@]4(c5ccccc5N(Cc5ccc(OC)cc5)[C@H]4CC1=O)[C@H]32. The van der Waals surface area contributed by atoms with Crippen LogP contribution in [0.1, 0.15) is 50.2 Å². The van der Waals surface area contributed by atoms with Gasteiger partial charge in [0, 0.05) is 41.6 Å². The van der Waals surface area contributed by atoms with Gasteiger partial charge in [0.25, 0.3) is 0 Å². The van der Waals surface area contributed by atoms with Crippen molar-refractivity contribution in [3.63, 3.8) is 0 Å². The highest BCUT2D eigenvalue weighted by Gasteiger charge is 2.70. The third-order valence-corrected chi connectivity index (χ3v) is 9.02. The summed E-state index contributed by atoms with van der Waals surface area (Å²) in [6, 6.07) is 18.0. The van der Waals surface area contributed by atoms with E-state index in [0.717, 1.165) is 44.6 Å². The second-order valence-corrected chi connectivity index (χ2v) is 9.98. The number of ether oxygens (including phenoxy) is 1. The van der Waals surface area contributed by atoms with Gasteiger partial charge in [0.15, 0.2) is 0 Å². The number of methoxy groups -OCH3 is 1. The molecule has 0 bridgehead atoms. The van der Waals surface area contributed by atoms with Crippen molar-refractivity contribution < 1.29 is 9.53 Å². The zero-order valence-electron chi connectivity index (χ0n) is 18.6. The van der Waals surface area contributed by atoms with Gasteiger partial charge in [0.1, 0.15) is 11.5 Å². The molecule has 1 aliphatic carbocycles. The number of carbonyl (C=O) groups excluding carboxylic acids is 1. The van der Waals surface area contributed by atoms with Crippen LogP contribution in [0.25, 0.3) is 0 Å². The number of nitrogens with zero attached hydrogens (tertiary/aromatic N) is 2. The Bertz CT molecular complexity index is 1020. The number of ketones is 1. The molecule has 3 aliphatic heterocycles. The molecule has 2 aromatic carbocycles. The normalized spacial score (nSPS) is 33.7. The van der Waals surface area contributed by atoms with Gasteiger partial charge in [-0.3, -0.25) is 9.69 Å². The van der Waals surface area contributed by atoms with Gasteiger partial charge >= 0.3 is 0 Å². The lowest BCUT2D eigenvalue weighted by Crippen LogP contribution is -2.68. The number of rotatable bonds is 4. The van der Waals surface area contributed by atoms with Crippen molar-refractivity contribution in [1.82, 2.24) is 4.90 Å². The summed E-state index contributed by atoms with van der Waals surface area (Å²) in [7, 11) is 1.71. The molecule has 4 heteroatoms. The highest BCUT2D eigenvalue weighted by Crippen LogP contribution is 2.64. The molecule has 1 saturated carbocycles. The second-order valence-electron chi connectivity index (χ2n) is 9.98. The molecule has 3 fully saturated rings. The number of benzene rings is 2. The smallest absolute Gasteiger partial charge is 0.142 e. The van der Waals surface area contributed by atoms with Crippen LogP contribution in [-0.4, -0.2) is 43.0 Å². The van der Waals surface area contributed by atoms with E-state index in [-0.39, 0.29) is 16.9 Å². The Hall–Kier alpha value is -2.33. The Morgan fingerprint density at radius 3 is 2.65 bits per heavy atom. The summed E-state index contributed by atoms with van der Waals surface area (Å²) in [5, 5.41) is 0. The zero-order valence-corrected chi connectivity index (χ0v) is 18.6. The number of anilines is 1. The fourth-order valence-corrected chi connectivity index (χ4v) is 7.77. The third kappa shape index (κ3) is 2.43. The minimum absolute atomic E-state index is 0.0768. The molecule has 4 nitrogen and oxygen atoms in total. The van der Waals surface area contributed by atoms with Gasteiger partial charge in [-0.25, -0.2) is 0 Å². The zero-order chi connectivity index (χ0) is 21.2. The molecule has 0 aromatic heterocycles. The standard InChI is InChI=1S/C27H32N2O2/c1-3-26-13-6-15-28-16-14-27(25(26)28)21-7-4-5-8-22(21)29(23(27)17-24(26)30)18-19-9-11-20(31-2)12-10-19/h4-5,7-12,23,25H,3,6,13-18H2,1-2H3/t23-,25+,26?,27-/m0/s1. The van der Waals surface area contributed by atoms with Gasteiger partial charge < -0.3 is 9.64 Å². The monoisotopic (exact) mass is 416 g/mol. The van der Waals surface area contributed by atoms with Crippen LogP contribution >= 0.6 is 0 Å². The minimum Gasteiger partial charge on any atom is -0.497 e. The van der Waals surface area contributed by atoms with Crippen molar-refractivity contribution in [3.8, 4) is 5.75 Å². The largest absolute Gasteiger partial charge is 0.497 e. The molecule has 6 rings (SSSR count). The molecule has 1 unspecified atom stereocenters. The van der Waals surface area contributed by atoms with E-state index in [1.54, 1.807) is 7.11 Å². The lowest BCUT2D eigenvalue weighted by molar-refractivity contribution is -0.144. The van der Waals surface area contributed by atoms with E-state index in [4.69, 9.17) is 4.74 Å². The predicted octanol–water partition coefficient (Wildman–Crippen LogP) is 4.56. The van der Waals surface area contributed by atoms with Crippen molar-refractivity contribution >= 4 is 11.5 Å². The summed E-state index contributed by atoms with van der Waals surface area (Å²) in [6.07, 6.45) is 5.06. The molecule has 3 heterocycles. The number of hydrogen-bond donors (Lipinski definition) is 0. The molecule has 162 valence electrons. The van der Waals surface area contributed by atoms with Crippen LogP contribution in [0.2, 0.25) is 0 Å². The van der Waals surface area contributed by atoms with Crippen molar-refractivity contribution in [1.29, 1.82) is 0 Å². The molecule has 0 N–H and O–H groups in total. The van der Waals surface area contributed by atoms with E-state index in [0.29, 0.717) is 18.2 Å². The van der Waals surface area contributed by atoms with Crippen molar-refractivity contribution in [2.45, 2.75) is 63.1 Å². The van der Waals surface area contributed by atoms with Crippen LogP contribution in [0, 0.1) is 5.41 Å². The van der Waals surface area contributed by atoms with E-state index in [1.807, 2.05) is 12.1 Å². The lowest BCUT2D eigenvalue weighted by atomic mass is 9.51. The number of Topliss-reactive ketones (excluding diaryl/α,β-unsaturated/α-hetero) is 1. The third-order valence-electron chi connectivity index (χ3n) is 9.02. The first-order valence-corrected chi connectivity index (χ1v) is 11.9. The topological polar surface area (TPSA) is 32.8 Å². The van der Waals surface area contributed by atoms with Crippen molar-refractivity contribution in [2.24, 2.45) is 5.41 Å². The van der Waals surface area contributed by atoms with Gasteiger partial charge in [0.2, 0.25) is 0 Å². The average Bonchev–Trinajstić information content (AvgIpc) is 3.33. The van der Waals surface area contributed by atoms with Crippen LogP contribution in [0.4, 0.5) is 5.69 Å². The van der Waals surface area contributed by atoms with E-state index in [2.05, 4.69) is 53.1 Å². The lowest BCUT2D eigenvalue weighted by Gasteiger charge is -2.57. The molecule has 1 spiro atoms. The Labute approximate surface area is 185 Å². The van der Waals surface area contributed by atoms with Gasteiger partial charge in [-0.2, -0.15) is 0 Å². The fourth-order valence-electron chi connectivity index (χ4n) is 7.77.